The first-order valence-corrected chi connectivity index (χ1v) is 9.34. The molecule has 0 fully saturated rings. The van der Waals surface area contributed by atoms with Gasteiger partial charge in [0.05, 0.1) is 0 Å². The standard InChI is InChI=1S/C17H22ClN3O.C2H6.2CH2O/c1-19-15-6-8-17(9-7-15)22-13-12-20-10-11-21-16-4-2-14(18)3-5-16;3*1-2/h2-9,19-21H,10-13H2,1H3;1-2H3;2*1H2. The Balaban J connectivity index is 0. The van der Waals surface area contributed by atoms with E-state index in [2.05, 4.69) is 16.0 Å². The summed E-state index contributed by atoms with van der Waals surface area (Å²) in [6.45, 7) is 11.2. The van der Waals surface area contributed by atoms with Crippen molar-refractivity contribution in [1.29, 1.82) is 0 Å². The number of benzene rings is 2. The van der Waals surface area contributed by atoms with E-state index < -0.39 is 0 Å². The Morgan fingerprint density at radius 1 is 0.821 bits per heavy atom. The van der Waals surface area contributed by atoms with Crippen molar-refractivity contribution in [2.75, 3.05) is 43.9 Å². The predicted octanol–water partition coefficient (Wildman–Crippen LogP) is 4.12. The quantitative estimate of drug-likeness (QED) is 0.540. The van der Waals surface area contributed by atoms with Crippen LogP contribution in [0.1, 0.15) is 13.8 Å². The number of hydrogen-bond acceptors (Lipinski definition) is 6. The maximum absolute atomic E-state index is 8.00. The molecule has 6 nitrogen and oxygen atoms in total. The van der Waals surface area contributed by atoms with Crippen LogP contribution < -0.4 is 20.7 Å². The molecule has 0 heterocycles. The molecule has 0 amide bonds. The lowest BCUT2D eigenvalue weighted by molar-refractivity contribution is -0.0987. The van der Waals surface area contributed by atoms with E-state index in [-0.39, 0.29) is 0 Å². The molecular formula is C21H32ClN3O3. The summed E-state index contributed by atoms with van der Waals surface area (Å²) in [6.07, 6.45) is 0. The molecule has 2 aromatic carbocycles. The molecule has 28 heavy (non-hydrogen) atoms. The summed E-state index contributed by atoms with van der Waals surface area (Å²) >= 11 is 5.84. The number of nitrogens with one attached hydrogen (secondary N) is 3. The van der Waals surface area contributed by atoms with Crippen LogP contribution in [0.2, 0.25) is 5.02 Å². The number of halogens is 1. The Hall–Kier alpha value is -2.57. The van der Waals surface area contributed by atoms with Gasteiger partial charge in [0.1, 0.15) is 25.9 Å². The van der Waals surface area contributed by atoms with Crippen LogP contribution in [0.25, 0.3) is 0 Å². The maximum atomic E-state index is 8.00. The molecule has 0 bridgehead atoms. The molecule has 0 aliphatic heterocycles. The third-order valence-electron chi connectivity index (χ3n) is 3.17. The highest BCUT2D eigenvalue weighted by Crippen LogP contribution is 2.14. The summed E-state index contributed by atoms with van der Waals surface area (Å²) in [6, 6.07) is 15.6. The Morgan fingerprint density at radius 2 is 1.36 bits per heavy atom. The lowest BCUT2D eigenvalue weighted by Gasteiger charge is -2.09. The molecule has 0 spiro atoms. The molecule has 7 heteroatoms. The molecule has 0 radical (unpaired) electrons. The second kappa shape index (κ2) is 20.7. The summed E-state index contributed by atoms with van der Waals surface area (Å²) in [5.41, 5.74) is 2.16. The van der Waals surface area contributed by atoms with Crippen LogP contribution in [-0.2, 0) is 9.59 Å². The number of anilines is 2. The topological polar surface area (TPSA) is 79.5 Å². The average Bonchev–Trinajstić information content (AvgIpc) is 2.79. The first-order chi connectivity index (χ1) is 13.8. The van der Waals surface area contributed by atoms with Gasteiger partial charge in [-0.15, -0.1) is 0 Å². The fraction of sp³-hybridized carbons (Fsp3) is 0.333. The summed E-state index contributed by atoms with van der Waals surface area (Å²) in [5, 5.41) is 10.5. The Bertz CT molecular complexity index is 578. The highest BCUT2D eigenvalue weighted by molar-refractivity contribution is 6.30. The van der Waals surface area contributed by atoms with E-state index in [4.69, 9.17) is 25.9 Å². The number of carbonyl (C=O) groups is 2. The monoisotopic (exact) mass is 409 g/mol. The van der Waals surface area contributed by atoms with Crippen LogP contribution in [0.5, 0.6) is 5.75 Å². The Morgan fingerprint density at radius 3 is 1.89 bits per heavy atom. The van der Waals surface area contributed by atoms with Gasteiger partial charge in [0, 0.05) is 43.1 Å². The van der Waals surface area contributed by atoms with Crippen LogP contribution in [0.4, 0.5) is 11.4 Å². The number of ether oxygens (including phenoxy) is 1. The highest BCUT2D eigenvalue weighted by Gasteiger charge is 1.95. The molecule has 156 valence electrons. The molecule has 2 rings (SSSR count). The molecule has 0 atom stereocenters. The van der Waals surface area contributed by atoms with Crippen LogP contribution in [-0.4, -0.2) is 46.9 Å². The fourth-order valence-corrected chi connectivity index (χ4v) is 2.07. The molecule has 0 aliphatic rings. The van der Waals surface area contributed by atoms with Crippen molar-refractivity contribution in [3.05, 3.63) is 53.6 Å². The third-order valence-corrected chi connectivity index (χ3v) is 3.42. The SMILES string of the molecule is C=O.C=O.CC.CNc1ccc(OCCNCCNc2ccc(Cl)cc2)cc1. The van der Waals surface area contributed by atoms with E-state index in [0.29, 0.717) is 6.61 Å². The molecule has 2 aromatic rings. The lowest BCUT2D eigenvalue weighted by atomic mass is 10.3. The van der Waals surface area contributed by atoms with Gasteiger partial charge in [-0.2, -0.15) is 0 Å². The number of rotatable bonds is 9. The Labute approximate surface area is 173 Å². The van der Waals surface area contributed by atoms with Gasteiger partial charge < -0.3 is 30.3 Å². The third kappa shape index (κ3) is 13.6. The van der Waals surface area contributed by atoms with Crippen LogP contribution in [0.3, 0.4) is 0 Å². The summed E-state index contributed by atoms with van der Waals surface area (Å²) in [4.78, 5) is 16.0. The summed E-state index contributed by atoms with van der Waals surface area (Å²) < 4.78 is 5.66. The van der Waals surface area contributed by atoms with E-state index >= 15 is 0 Å². The number of hydrogen-bond donors (Lipinski definition) is 3. The van der Waals surface area contributed by atoms with Crippen LogP contribution in [0, 0.1) is 0 Å². The molecule has 3 N–H and O–H groups in total. The van der Waals surface area contributed by atoms with Gasteiger partial charge in [0.2, 0.25) is 0 Å². The second-order valence-corrected chi connectivity index (χ2v) is 5.24. The second-order valence-electron chi connectivity index (χ2n) is 4.81. The van der Waals surface area contributed by atoms with E-state index in [1.54, 1.807) is 0 Å². The zero-order valence-electron chi connectivity index (χ0n) is 17.0. The molecule has 0 saturated heterocycles. The molecule has 0 aliphatic carbocycles. The maximum Gasteiger partial charge on any atom is 0.119 e. The van der Waals surface area contributed by atoms with E-state index in [1.165, 1.54) is 0 Å². The highest BCUT2D eigenvalue weighted by atomic mass is 35.5. The smallest absolute Gasteiger partial charge is 0.119 e. The first-order valence-electron chi connectivity index (χ1n) is 8.96. The molecule has 0 saturated carbocycles. The molecular weight excluding hydrogens is 378 g/mol. The van der Waals surface area contributed by atoms with Gasteiger partial charge >= 0.3 is 0 Å². The van der Waals surface area contributed by atoms with E-state index in [9.17, 15) is 0 Å². The van der Waals surface area contributed by atoms with Crippen LogP contribution >= 0.6 is 11.6 Å². The minimum atomic E-state index is 0.653. The van der Waals surface area contributed by atoms with Gasteiger partial charge in [0.25, 0.3) is 0 Å². The normalized spacial score (nSPS) is 8.57. The van der Waals surface area contributed by atoms with Gasteiger partial charge in [-0.25, -0.2) is 0 Å². The largest absolute Gasteiger partial charge is 0.492 e. The first kappa shape index (κ1) is 27.6. The minimum absolute atomic E-state index is 0.653. The Kier molecular flexibility index (Phi) is 20.5. The minimum Gasteiger partial charge on any atom is -0.492 e. The van der Waals surface area contributed by atoms with Crippen molar-refractivity contribution in [1.82, 2.24) is 5.32 Å². The number of carbonyl (C=O) groups excluding carboxylic acids is 2. The summed E-state index contributed by atoms with van der Waals surface area (Å²) in [7, 11) is 1.90. The summed E-state index contributed by atoms with van der Waals surface area (Å²) in [5.74, 6) is 0.889. The van der Waals surface area contributed by atoms with Crippen molar-refractivity contribution in [3.8, 4) is 5.75 Å². The van der Waals surface area contributed by atoms with Crippen molar-refractivity contribution >= 4 is 36.6 Å². The van der Waals surface area contributed by atoms with Gasteiger partial charge in [-0.1, -0.05) is 25.4 Å². The van der Waals surface area contributed by atoms with Gasteiger partial charge in [-0.05, 0) is 48.5 Å². The zero-order chi connectivity index (χ0) is 21.6. The van der Waals surface area contributed by atoms with E-state index in [1.807, 2.05) is 83.0 Å². The van der Waals surface area contributed by atoms with Crippen molar-refractivity contribution < 1.29 is 14.3 Å². The lowest BCUT2D eigenvalue weighted by Crippen LogP contribution is -2.26. The predicted molar refractivity (Wildman–Crippen MR) is 120 cm³/mol. The van der Waals surface area contributed by atoms with Gasteiger partial charge in [-0.3, -0.25) is 0 Å². The average molecular weight is 410 g/mol. The molecule has 0 unspecified atom stereocenters. The molecule has 0 aromatic heterocycles. The zero-order valence-corrected chi connectivity index (χ0v) is 17.7. The van der Waals surface area contributed by atoms with Crippen molar-refractivity contribution in [3.63, 3.8) is 0 Å². The van der Waals surface area contributed by atoms with E-state index in [0.717, 1.165) is 41.8 Å². The fourth-order valence-electron chi connectivity index (χ4n) is 1.95. The van der Waals surface area contributed by atoms with Crippen molar-refractivity contribution in [2.45, 2.75) is 13.8 Å². The van der Waals surface area contributed by atoms with Crippen LogP contribution in [0.15, 0.2) is 48.5 Å². The van der Waals surface area contributed by atoms with Crippen molar-refractivity contribution in [2.24, 2.45) is 0 Å². The van der Waals surface area contributed by atoms with Gasteiger partial charge in [0.15, 0.2) is 0 Å².